The lowest BCUT2D eigenvalue weighted by atomic mass is 10.0. The van der Waals surface area contributed by atoms with Gasteiger partial charge in [-0.25, -0.2) is 4.98 Å². The molecule has 2 aliphatic rings. The van der Waals surface area contributed by atoms with Gasteiger partial charge in [-0.2, -0.15) is 0 Å². The number of fused-ring (bicyclic) bond motifs is 1. The lowest BCUT2D eigenvalue weighted by Gasteiger charge is -2.32. The molecule has 0 radical (unpaired) electrons. The molecule has 1 aliphatic carbocycles. The molecule has 2 fully saturated rings. The number of likely N-dealkylation sites (tertiary alicyclic amines) is 1. The molecule has 7 heteroatoms. The van der Waals surface area contributed by atoms with Crippen molar-refractivity contribution in [2.45, 2.75) is 38.6 Å². The fourth-order valence-electron chi connectivity index (χ4n) is 4.36. The van der Waals surface area contributed by atoms with E-state index in [1.165, 1.54) is 12.8 Å². The van der Waals surface area contributed by atoms with Crippen LogP contribution in [0.2, 0.25) is 0 Å². The Bertz CT molecular complexity index is 1020. The van der Waals surface area contributed by atoms with Gasteiger partial charge < -0.3 is 10.2 Å². The first-order chi connectivity index (χ1) is 14.2. The zero-order chi connectivity index (χ0) is 19.8. The summed E-state index contributed by atoms with van der Waals surface area (Å²) in [6.45, 7) is 4.82. The molecule has 1 aliphatic heterocycles. The van der Waals surface area contributed by atoms with E-state index in [0.29, 0.717) is 6.04 Å². The van der Waals surface area contributed by atoms with E-state index in [9.17, 15) is 4.79 Å². The Kier molecular flexibility index (Phi) is 7.63. The number of halogens is 2. The van der Waals surface area contributed by atoms with E-state index in [0.717, 1.165) is 66.5 Å². The number of carbonyl (C=O) groups is 1. The van der Waals surface area contributed by atoms with E-state index in [1.807, 2.05) is 48.2 Å². The maximum absolute atomic E-state index is 13.1. The number of carbonyl (C=O) groups excluding carboxylic acids is 1. The molecule has 2 heterocycles. The Hall–Kier alpha value is -2.08. The van der Waals surface area contributed by atoms with E-state index in [-0.39, 0.29) is 30.7 Å². The van der Waals surface area contributed by atoms with Gasteiger partial charge in [0.15, 0.2) is 0 Å². The first-order valence-electron chi connectivity index (χ1n) is 10.8. The van der Waals surface area contributed by atoms with Crippen LogP contribution in [0.25, 0.3) is 16.7 Å². The highest BCUT2D eigenvalue weighted by Crippen LogP contribution is 2.28. The van der Waals surface area contributed by atoms with Gasteiger partial charge in [-0.15, -0.1) is 24.8 Å². The number of amides is 1. The van der Waals surface area contributed by atoms with Crippen molar-refractivity contribution in [1.82, 2.24) is 19.8 Å². The fraction of sp³-hybridized carbons (Fsp3) is 0.417. The Morgan fingerprint density at radius 2 is 1.74 bits per heavy atom. The van der Waals surface area contributed by atoms with Crippen LogP contribution < -0.4 is 5.32 Å². The highest BCUT2D eigenvalue weighted by atomic mass is 35.5. The number of aromatic nitrogens is 2. The molecule has 0 unspecified atom stereocenters. The lowest BCUT2D eigenvalue weighted by molar-refractivity contribution is 0.0705. The topological polar surface area (TPSA) is 50.2 Å². The minimum Gasteiger partial charge on any atom is -0.339 e. The first kappa shape index (κ1) is 23.6. The van der Waals surface area contributed by atoms with Crippen LogP contribution in [0.15, 0.2) is 48.5 Å². The molecule has 3 aromatic rings. The van der Waals surface area contributed by atoms with Crippen LogP contribution >= 0.6 is 24.8 Å². The minimum absolute atomic E-state index is 0. The van der Waals surface area contributed by atoms with Crippen LogP contribution in [0, 0.1) is 12.8 Å². The standard InChI is InChI=1S/C24H28N4O.2ClH/c1-17-26-22-15-19(9-10-23(22)28(17)21-5-3-2-4-6-21)24(29)27-13-11-20(12-14-27)25-16-18-7-8-18;;/h2-6,9-10,15,18,20,25H,7-8,11-14,16H2,1H3;2*1H. The molecule has 0 bridgehead atoms. The van der Waals surface area contributed by atoms with Crippen molar-refractivity contribution in [2.24, 2.45) is 5.92 Å². The highest BCUT2D eigenvalue weighted by Gasteiger charge is 2.26. The quantitative estimate of drug-likeness (QED) is 0.595. The number of hydrogen-bond donors (Lipinski definition) is 1. The van der Waals surface area contributed by atoms with Gasteiger partial charge in [0.05, 0.1) is 11.0 Å². The van der Waals surface area contributed by atoms with Gasteiger partial charge in [0.1, 0.15) is 5.82 Å². The number of para-hydroxylation sites is 1. The SMILES string of the molecule is Cc1nc2cc(C(=O)N3CCC(NCC4CC4)CC3)ccc2n1-c1ccccc1.Cl.Cl. The molecule has 1 saturated carbocycles. The maximum Gasteiger partial charge on any atom is 0.253 e. The van der Waals surface area contributed by atoms with Crippen molar-refractivity contribution in [3.05, 3.63) is 59.9 Å². The summed E-state index contributed by atoms with van der Waals surface area (Å²) in [6, 6.07) is 16.7. The Morgan fingerprint density at radius 1 is 1.03 bits per heavy atom. The zero-order valence-electron chi connectivity index (χ0n) is 17.8. The van der Waals surface area contributed by atoms with Crippen molar-refractivity contribution >= 4 is 41.8 Å². The van der Waals surface area contributed by atoms with Crippen molar-refractivity contribution in [3.8, 4) is 5.69 Å². The number of nitrogens with zero attached hydrogens (tertiary/aromatic N) is 3. The van der Waals surface area contributed by atoms with E-state index in [1.54, 1.807) is 0 Å². The Morgan fingerprint density at radius 3 is 2.42 bits per heavy atom. The smallest absolute Gasteiger partial charge is 0.253 e. The zero-order valence-corrected chi connectivity index (χ0v) is 19.4. The maximum atomic E-state index is 13.1. The average molecular weight is 461 g/mol. The molecule has 1 saturated heterocycles. The summed E-state index contributed by atoms with van der Waals surface area (Å²) in [6.07, 6.45) is 4.85. The Balaban J connectivity index is 0.00000136. The van der Waals surface area contributed by atoms with Crippen LogP contribution in [0.3, 0.4) is 0 Å². The molecule has 5 nitrogen and oxygen atoms in total. The molecule has 1 amide bonds. The second-order valence-electron chi connectivity index (χ2n) is 8.45. The van der Waals surface area contributed by atoms with Crippen LogP contribution in [0.5, 0.6) is 0 Å². The summed E-state index contributed by atoms with van der Waals surface area (Å²) >= 11 is 0. The Labute approximate surface area is 196 Å². The molecule has 2 aromatic carbocycles. The largest absolute Gasteiger partial charge is 0.339 e. The summed E-state index contributed by atoms with van der Waals surface area (Å²) in [5.74, 6) is 1.96. The molecule has 0 atom stereocenters. The number of rotatable bonds is 5. The van der Waals surface area contributed by atoms with Crippen LogP contribution in [-0.4, -0.2) is 46.0 Å². The monoisotopic (exact) mass is 460 g/mol. The molecule has 1 N–H and O–H groups in total. The fourth-order valence-corrected chi connectivity index (χ4v) is 4.36. The van der Waals surface area contributed by atoms with Gasteiger partial charge in [-0.05, 0) is 75.4 Å². The van der Waals surface area contributed by atoms with Gasteiger partial charge in [0, 0.05) is 30.4 Å². The number of benzene rings is 2. The predicted octanol–water partition coefficient (Wildman–Crippen LogP) is 4.78. The van der Waals surface area contributed by atoms with Crippen molar-refractivity contribution in [2.75, 3.05) is 19.6 Å². The number of piperidine rings is 1. The number of nitrogens with one attached hydrogen (secondary N) is 1. The van der Waals surface area contributed by atoms with Crippen LogP contribution in [-0.2, 0) is 0 Å². The number of aryl methyl sites for hydroxylation is 1. The van der Waals surface area contributed by atoms with Gasteiger partial charge in [-0.1, -0.05) is 18.2 Å². The van der Waals surface area contributed by atoms with Gasteiger partial charge in [0.2, 0.25) is 0 Å². The average Bonchev–Trinajstić information content (AvgIpc) is 3.53. The van der Waals surface area contributed by atoms with Crippen molar-refractivity contribution in [3.63, 3.8) is 0 Å². The molecule has 31 heavy (non-hydrogen) atoms. The van der Waals surface area contributed by atoms with Gasteiger partial charge >= 0.3 is 0 Å². The van der Waals surface area contributed by atoms with Crippen molar-refractivity contribution in [1.29, 1.82) is 0 Å². The summed E-state index contributed by atoms with van der Waals surface area (Å²) < 4.78 is 2.14. The second kappa shape index (κ2) is 10.0. The van der Waals surface area contributed by atoms with E-state index >= 15 is 0 Å². The van der Waals surface area contributed by atoms with Crippen LogP contribution in [0.4, 0.5) is 0 Å². The minimum atomic E-state index is 0. The third-order valence-electron chi connectivity index (χ3n) is 6.26. The summed E-state index contributed by atoms with van der Waals surface area (Å²) in [7, 11) is 0. The molecule has 0 spiro atoms. The normalized spacial score (nSPS) is 16.6. The number of hydrogen-bond acceptors (Lipinski definition) is 3. The second-order valence-corrected chi connectivity index (χ2v) is 8.45. The molecule has 5 rings (SSSR count). The molecule has 166 valence electrons. The molecular formula is C24H30Cl2N4O. The summed E-state index contributed by atoms with van der Waals surface area (Å²) in [5.41, 5.74) is 3.73. The third kappa shape index (κ3) is 5.05. The van der Waals surface area contributed by atoms with Gasteiger partial charge in [-0.3, -0.25) is 9.36 Å². The lowest BCUT2D eigenvalue weighted by Crippen LogP contribution is -2.45. The third-order valence-corrected chi connectivity index (χ3v) is 6.26. The first-order valence-corrected chi connectivity index (χ1v) is 10.8. The van der Waals surface area contributed by atoms with Crippen molar-refractivity contribution < 1.29 is 4.79 Å². The predicted molar refractivity (Wildman–Crippen MR) is 130 cm³/mol. The van der Waals surface area contributed by atoms with Gasteiger partial charge in [0.25, 0.3) is 5.91 Å². The van der Waals surface area contributed by atoms with Crippen LogP contribution in [0.1, 0.15) is 41.9 Å². The summed E-state index contributed by atoms with van der Waals surface area (Å²) in [5, 5.41) is 3.68. The summed E-state index contributed by atoms with van der Waals surface area (Å²) in [4.78, 5) is 19.8. The molecular weight excluding hydrogens is 431 g/mol. The molecule has 1 aromatic heterocycles. The number of imidazole rings is 1. The highest BCUT2D eigenvalue weighted by molar-refractivity contribution is 5.97. The van der Waals surface area contributed by atoms with E-state index in [4.69, 9.17) is 4.98 Å². The van der Waals surface area contributed by atoms with E-state index in [2.05, 4.69) is 22.0 Å². The van der Waals surface area contributed by atoms with E-state index < -0.39 is 0 Å².